The molecule has 1 aromatic heterocycles. The van der Waals surface area contributed by atoms with Crippen LogP contribution < -0.4 is 10.6 Å². The fraction of sp³-hybridized carbons (Fsp3) is 0.346. The van der Waals surface area contributed by atoms with Crippen LogP contribution in [0.5, 0.6) is 0 Å². The van der Waals surface area contributed by atoms with E-state index in [1.807, 2.05) is 30.3 Å². The highest BCUT2D eigenvalue weighted by Crippen LogP contribution is 2.22. The lowest BCUT2D eigenvalue weighted by Crippen LogP contribution is -2.46. The number of amides is 3. The summed E-state index contributed by atoms with van der Waals surface area (Å²) in [6, 6.07) is 14.2. The first-order chi connectivity index (χ1) is 17.5. The minimum Gasteiger partial charge on any atom is -0.447 e. The largest absolute Gasteiger partial charge is 0.447 e. The van der Waals surface area contributed by atoms with Gasteiger partial charge >= 0.3 is 12.1 Å². The number of benzene rings is 2. The molecule has 3 rings (SSSR count). The van der Waals surface area contributed by atoms with E-state index < -0.39 is 29.6 Å². The zero-order valence-corrected chi connectivity index (χ0v) is 21.6. The number of halogens is 2. The van der Waals surface area contributed by atoms with E-state index in [0.717, 1.165) is 5.56 Å². The SMILES string of the molecule is CN(C(=O)NCc1cccc(F)c1Cl)[C@@H](CCC(C)(C)O)COC(=O)Nc1cc(-c2ccccc2)no1. The molecule has 3 N–H and O–H groups in total. The van der Waals surface area contributed by atoms with E-state index in [1.54, 1.807) is 33.0 Å². The number of anilines is 1. The van der Waals surface area contributed by atoms with Crippen LogP contribution in [0.3, 0.4) is 0 Å². The number of nitrogens with one attached hydrogen (secondary N) is 2. The number of aromatic nitrogens is 1. The number of likely N-dealkylation sites (N-methyl/N-ethyl adjacent to an activating group) is 1. The van der Waals surface area contributed by atoms with E-state index in [-0.39, 0.29) is 24.1 Å². The molecule has 198 valence electrons. The number of aliphatic hydroxyl groups is 1. The summed E-state index contributed by atoms with van der Waals surface area (Å²) < 4.78 is 24.2. The number of carbonyl (C=O) groups excluding carboxylic acids is 2. The molecule has 37 heavy (non-hydrogen) atoms. The zero-order chi connectivity index (χ0) is 27.0. The van der Waals surface area contributed by atoms with Gasteiger partial charge in [-0.1, -0.05) is 59.2 Å². The molecule has 9 nitrogen and oxygen atoms in total. The van der Waals surface area contributed by atoms with Gasteiger partial charge in [0.25, 0.3) is 0 Å². The molecule has 2 aromatic carbocycles. The molecule has 0 bridgehead atoms. The van der Waals surface area contributed by atoms with Crippen LogP contribution >= 0.6 is 11.6 Å². The second-order valence-corrected chi connectivity index (χ2v) is 9.53. The van der Waals surface area contributed by atoms with Crippen LogP contribution in [0.1, 0.15) is 32.3 Å². The Balaban J connectivity index is 1.58. The lowest BCUT2D eigenvalue weighted by atomic mass is 9.99. The fourth-order valence-electron chi connectivity index (χ4n) is 3.44. The molecule has 0 aliphatic carbocycles. The van der Waals surface area contributed by atoms with Crippen LogP contribution in [0.15, 0.2) is 59.1 Å². The molecule has 0 fully saturated rings. The van der Waals surface area contributed by atoms with Gasteiger partial charge in [0.05, 0.1) is 16.7 Å². The summed E-state index contributed by atoms with van der Waals surface area (Å²) >= 11 is 5.96. The van der Waals surface area contributed by atoms with Crippen LogP contribution in [0.25, 0.3) is 11.3 Å². The van der Waals surface area contributed by atoms with Crippen molar-refractivity contribution in [2.75, 3.05) is 19.0 Å². The third-order valence-electron chi connectivity index (χ3n) is 5.63. The number of carbonyl (C=O) groups is 2. The van der Waals surface area contributed by atoms with Gasteiger partial charge < -0.3 is 24.6 Å². The Morgan fingerprint density at radius 2 is 1.95 bits per heavy atom. The van der Waals surface area contributed by atoms with Gasteiger partial charge in [0, 0.05) is 25.2 Å². The second-order valence-electron chi connectivity index (χ2n) is 9.15. The van der Waals surface area contributed by atoms with E-state index in [1.165, 1.54) is 17.0 Å². The average molecular weight is 533 g/mol. The molecule has 0 aliphatic heterocycles. The molecule has 0 unspecified atom stereocenters. The zero-order valence-electron chi connectivity index (χ0n) is 20.8. The number of urea groups is 1. The van der Waals surface area contributed by atoms with Crippen molar-refractivity contribution in [2.24, 2.45) is 0 Å². The van der Waals surface area contributed by atoms with Crippen molar-refractivity contribution in [3.8, 4) is 11.3 Å². The summed E-state index contributed by atoms with van der Waals surface area (Å²) in [5.74, 6) is -0.471. The molecule has 0 spiro atoms. The van der Waals surface area contributed by atoms with Crippen molar-refractivity contribution in [3.63, 3.8) is 0 Å². The van der Waals surface area contributed by atoms with Gasteiger partial charge in [-0.25, -0.2) is 14.0 Å². The first-order valence-corrected chi connectivity index (χ1v) is 12.0. The minimum absolute atomic E-state index is 0.00850. The summed E-state index contributed by atoms with van der Waals surface area (Å²) in [7, 11) is 1.54. The third kappa shape index (κ3) is 8.47. The number of rotatable bonds is 10. The molecule has 0 saturated carbocycles. The van der Waals surface area contributed by atoms with Gasteiger partial charge in [0.2, 0.25) is 5.88 Å². The third-order valence-corrected chi connectivity index (χ3v) is 6.05. The molecule has 0 aliphatic rings. The highest BCUT2D eigenvalue weighted by molar-refractivity contribution is 6.31. The maximum absolute atomic E-state index is 13.7. The Morgan fingerprint density at radius 3 is 2.65 bits per heavy atom. The fourth-order valence-corrected chi connectivity index (χ4v) is 3.64. The first kappa shape index (κ1) is 27.9. The van der Waals surface area contributed by atoms with Gasteiger partial charge in [-0.3, -0.25) is 5.32 Å². The number of hydrogen-bond donors (Lipinski definition) is 3. The molecule has 0 saturated heterocycles. The van der Waals surface area contributed by atoms with E-state index >= 15 is 0 Å². The van der Waals surface area contributed by atoms with E-state index in [0.29, 0.717) is 24.1 Å². The molecule has 0 radical (unpaired) electrons. The molecule has 3 amide bonds. The number of hydrogen-bond acceptors (Lipinski definition) is 6. The van der Waals surface area contributed by atoms with Crippen molar-refractivity contribution >= 4 is 29.6 Å². The van der Waals surface area contributed by atoms with Crippen LogP contribution in [0.4, 0.5) is 19.9 Å². The average Bonchev–Trinajstić information content (AvgIpc) is 3.32. The highest BCUT2D eigenvalue weighted by Gasteiger charge is 2.25. The normalized spacial score (nSPS) is 12.1. The van der Waals surface area contributed by atoms with Crippen molar-refractivity contribution in [1.29, 1.82) is 0 Å². The number of ether oxygens (including phenoxy) is 1. The van der Waals surface area contributed by atoms with Crippen molar-refractivity contribution in [1.82, 2.24) is 15.4 Å². The highest BCUT2D eigenvalue weighted by atomic mass is 35.5. The molecule has 11 heteroatoms. The van der Waals surface area contributed by atoms with Gasteiger partial charge in [0.1, 0.15) is 18.1 Å². The van der Waals surface area contributed by atoms with Crippen LogP contribution in [0.2, 0.25) is 5.02 Å². The summed E-state index contributed by atoms with van der Waals surface area (Å²) in [5.41, 5.74) is 0.815. The van der Waals surface area contributed by atoms with Gasteiger partial charge in [0.15, 0.2) is 0 Å². The molecular weight excluding hydrogens is 503 g/mol. The summed E-state index contributed by atoms with van der Waals surface area (Å²) in [6.07, 6.45) is -0.0928. The lowest BCUT2D eigenvalue weighted by molar-refractivity contribution is 0.0520. The molecule has 1 atom stereocenters. The lowest BCUT2D eigenvalue weighted by Gasteiger charge is -2.30. The first-order valence-electron chi connectivity index (χ1n) is 11.7. The van der Waals surface area contributed by atoms with Gasteiger partial charge in [-0.2, -0.15) is 0 Å². The van der Waals surface area contributed by atoms with Crippen LogP contribution in [-0.4, -0.2) is 52.6 Å². The monoisotopic (exact) mass is 532 g/mol. The quantitative estimate of drug-likeness (QED) is 0.320. The van der Waals surface area contributed by atoms with E-state index in [2.05, 4.69) is 15.8 Å². The smallest absolute Gasteiger partial charge is 0.414 e. The Kier molecular flexibility index (Phi) is 9.48. The van der Waals surface area contributed by atoms with Crippen LogP contribution in [0, 0.1) is 5.82 Å². The van der Waals surface area contributed by atoms with Crippen molar-refractivity contribution < 1.29 is 28.3 Å². The number of nitrogens with zero attached hydrogens (tertiary/aromatic N) is 2. The molecule has 3 aromatic rings. The summed E-state index contributed by atoms with van der Waals surface area (Å²) in [6.45, 7) is 3.16. The Hall–Kier alpha value is -3.63. The topological polar surface area (TPSA) is 117 Å². The Labute approximate surface area is 219 Å². The molecule has 1 heterocycles. The van der Waals surface area contributed by atoms with Crippen LogP contribution in [-0.2, 0) is 11.3 Å². The van der Waals surface area contributed by atoms with E-state index in [9.17, 15) is 19.1 Å². The maximum Gasteiger partial charge on any atom is 0.414 e. The molecular formula is C26H30ClFN4O5. The van der Waals surface area contributed by atoms with Gasteiger partial charge in [-0.05, 0) is 38.3 Å². The van der Waals surface area contributed by atoms with Crippen molar-refractivity contribution in [3.05, 3.63) is 71.0 Å². The summed E-state index contributed by atoms with van der Waals surface area (Å²) in [5, 5.41) is 19.2. The Bertz CT molecular complexity index is 1200. The maximum atomic E-state index is 13.7. The summed E-state index contributed by atoms with van der Waals surface area (Å²) in [4.78, 5) is 26.6. The Morgan fingerprint density at radius 1 is 1.22 bits per heavy atom. The van der Waals surface area contributed by atoms with Crippen molar-refractivity contribution in [2.45, 2.75) is 44.9 Å². The minimum atomic E-state index is -0.986. The van der Waals surface area contributed by atoms with E-state index in [4.69, 9.17) is 20.9 Å². The van der Waals surface area contributed by atoms with Gasteiger partial charge in [-0.15, -0.1) is 0 Å². The predicted octanol–water partition coefficient (Wildman–Crippen LogP) is 5.44. The standard InChI is InChI=1S/C26H30ClFN4O5/c1-26(2,35)13-12-19(32(3)24(33)29-15-18-10-7-11-20(28)23(18)27)16-36-25(34)30-22-14-21(31-37-22)17-8-5-4-6-9-17/h4-11,14,19,35H,12-13,15-16H2,1-3H3,(H,29,33)(H,30,34)/t19-/m0/s1. The predicted molar refractivity (Wildman–Crippen MR) is 138 cm³/mol. The second kappa shape index (κ2) is 12.6.